The van der Waals surface area contributed by atoms with Gasteiger partial charge in [-0.05, 0) is 60.2 Å². The standard InChI is InChI=1S/C14H11FINO3/c1-7-5-12(18)17(8(2)13(7)14(19)20)11-4-3-9(15)6-10(11)16/h3-6H,1-2H3,(H,19,20). The highest BCUT2D eigenvalue weighted by molar-refractivity contribution is 14.1. The monoisotopic (exact) mass is 387 g/mol. The summed E-state index contributed by atoms with van der Waals surface area (Å²) in [7, 11) is 0. The Balaban J connectivity index is 2.84. The summed E-state index contributed by atoms with van der Waals surface area (Å²) in [6.07, 6.45) is 0. The molecule has 6 heteroatoms. The van der Waals surface area contributed by atoms with Crippen LogP contribution in [0.15, 0.2) is 29.1 Å². The van der Waals surface area contributed by atoms with E-state index < -0.39 is 11.8 Å². The van der Waals surface area contributed by atoms with E-state index in [2.05, 4.69) is 0 Å². The van der Waals surface area contributed by atoms with Crippen molar-refractivity contribution >= 4 is 28.6 Å². The molecule has 0 unspecified atom stereocenters. The van der Waals surface area contributed by atoms with Gasteiger partial charge in [0.25, 0.3) is 5.56 Å². The zero-order valence-electron chi connectivity index (χ0n) is 10.8. The van der Waals surface area contributed by atoms with Crippen molar-refractivity contribution in [3.8, 4) is 5.69 Å². The third-order valence-corrected chi connectivity index (χ3v) is 3.88. The number of hydrogen-bond donors (Lipinski definition) is 1. The van der Waals surface area contributed by atoms with E-state index in [1.54, 1.807) is 13.8 Å². The van der Waals surface area contributed by atoms with Gasteiger partial charge in [0.15, 0.2) is 0 Å². The largest absolute Gasteiger partial charge is 0.478 e. The van der Waals surface area contributed by atoms with Gasteiger partial charge in [-0.1, -0.05) is 0 Å². The normalized spacial score (nSPS) is 10.6. The Bertz CT molecular complexity index is 768. The van der Waals surface area contributed by atoms with Crippen LogP contribution < -0.4 is 5.56 Å². The van der Waals surface area contributed by atoms with Gasteiger partial charge in [-0.2, -0.15) is 0 Å². The average Bonchev–Trinajstić information content (AvgIpc) is 2.30. The lowest BCUT2D eigenvalue weighted by atomic mass is 10.1. The number of hydrogen-bond acceptors (Lipinski definition) is 2. The van der Waals surface area contributed by atoms with Crippen LogP contribution in [-0.2, 0) is 0 Å². The van der Waals surface area contributed by atoms with Crippen LogP contribution in [0.1, 0.15) is 21.6 Å². The minimum Gasteiger partial charge on any atom is -0.478 e. The summed E-state index contributed by atoms with van der Waals surface area (Å²) in [6, 6.07) is 5.27. The molecular formula is C14H11FINO3. The van der Waals surface area contributed by atoms with Crippen molar-refractivity contribution in [3.63, 3.8) is 0 Å². The highest BCUT2D eigenvalue weighted by atomic mass is 127. The number of aryl methyl sites for hydroxylation is 1. The van der Waals surface area contributed by atoms with Crippen molar-refractivity contribution in [2.45, 2.75) is 13.8 Å². The Morgan fingerprint density at radius 1 is 1.30 bits per heavy atom. The van der Waals surface area contributed by atoms with Crippen molar-refractivity contribution in [3.05, 3.63) is 60.8 Å². The molecule has 0 radical (unpaired) electrons. The first-order valence-corrected chi connectivity index (χ1v) is 6.82. The molecule has 1 aromatic heterocycles. The molecule has 0 aliphatic rings. The molecule has 0 atom stereocenters. The molecule has 0 fully saturated rings. The maximum Gasteiger partial charge on any atom is 0.337 e. The van der Waals surface area contributed by atoms with E-state index in [4.69, 9.17) is 0 Å². The third-order valence-electron chi connectivity index (χ3n) is 3.02. The first-order chi connectivity index (χ1) is 9.32. The number of aromatic nitrogens is 1. The number of halogens is 2. The summed E-state index contributed by atoms with van der Waals surface area (Å²) < 4.78 is 15.0. The number of aromatic carboxylic acids is 1. The fourth-order valence-electron chi connectivity index (χ4n) is 2.17. The van der Waals surface area contributed by atoms with Gasteiger partial charge in [0.2, 0.25) is 0 Å². The second-order valence-corrected chi connectivity index (χ2v) is 5.52. The van der Waals surface area contributed by atoms with E-state index >= 15 is 0 Å². The zero-order chi connectivity index (χ0) is 15.0. The van der Waals surface area contributed by atoms with Crippen LogP contribution in [0.25, 0.3) is 5.69 Å². The summed E-state index contributed by atoms with van der Waals surface area (Å²) in [5.41, 5.74) is 0.955. The van der Waals surface area contributed by atoms with Crippen molar-refractivity contribution in [2.75, 3.05) is 0 Å². The topological polar surface area (TPSA) is 59.3 Å². The Hall–Kier alpha value is -1.70. The smallest absolute Gasteiger partial charge is 0.337 e. The quantitative estimate of drug-likeness (QED) is 0.807. The number of carboxylic acid groups (broad SMARTS) is 1. The summed E-state index contributed by atoms with van der Waals surface area (Å²) in [5.74, 6) is -1.50. The van der Waals surface area contributed by atoms with Crippen LogP contribution in [0.4, 0.5) is 4.39 Å². The summed E-state index contributed by atoms with van der Waals surface area (Å²) in [6.45, 7) is 3.15. The first-order valence-electron chi connectivity index (χ1n) is 5.75. The Labute approximate surface area is 128 Å². The maximum atomic E-state index is 13.1. The molecule has 0 amide bonds. The van der Waals surface area contributed by atoms with E-state index in [9.17, 15) is 19.1 Å². The van der Waals surface area contributed by atoms with Crippen molar-refractivity contribution in [2.24, 2.45) is 0 Å². The van der Waals surface area contributed by atoms with Gasteiger partial charge in [0.05, 0.1) is 11.3 Å². The third kappa shape index (κ3) is 2.47. The van der Waals surface area contributed by atoms with Crippen LogP contribution >= 0.6 is 22.6 Å². The first kappa shape index (κ1) is 14.7. The highest BCUT2D eigenvalue weighted by Crippen LogP contribution is 2.21. The maximum absolute atomic E-state index is 13.1. The average molecular weight is 387 g/mol. The van der Waals surface area contributed by atoms with Gasteiger partial charge in [-0.15, -0.1) is 0 Å². The van der Waals surface area contributed by atoms with E-state index in [1.165, 1.54) is 28.8 Å². The van der Waals surface area contributed by atoms with Crippen LogP contribution in [0.5, 0.6) is 0 Å². The predicted octanol–water partition coefficient (Wildman–Crippen LogP) is 2.90. The van der Waals surface area contributed by atoms with Crippen molar-refractivity contribution in [1.29, 1.82) is 0 Å². The number of benzene rings is 1. The lowest BCUT2D eigenvalue weighted by molar-refractivity contribution is 0.0694. The van der Waals surface area contributed by atoms with Crippen LogP contribution in [0.3, 0.4) is 0 Å². The molecule has 0 bridgehead atoms. The molecule has 0 saturated heterocycles. The van der Waals surface area contributed by atoms with Crippen LogP contribution in [-0.4, -0.2) is 15.6 Å². The predicted molar refractivity (Wildman–Crippen MR) is 81.1 cm³/mol. The molecule has 0 spiro atoms. The second-order valence-electron chi connectivity index (χ2n) is 4.36. The number of pyridine rings is 1. The number of rotatable bonds is 2. The van der Waals surface area contributed by atoms with E-state index in [0.717, 1.165) is 0 Å². The fourth-order valence-corrected chi connectivity index (χ4v) is 2.89. The molecule has 0 aliphatic carbocycles. The van der Waals surface area contributed by atoms with E-state index in [0.29, 0.717) is 20.5 Å². The molecule has 20 heavy (non-hydrogen) atoms. The Morgan fingerprint density at radius 3 is 2.50 bits per heavy atom. The van der Waals surface area contributed by atoms with Crippen LogP contribution in [0.2, 0.25) is 0 Å². The molecule has 1 aromatic carbocycles. The number of carboxylic acids is 1. The van der Waals surface area contributed by atoms with Crippen molar-refractivity contribution in [1.82, 2.24) is 4.57 Å². The lowest BCUT2D eigenvalue weighted by Crippen LogP contribution is -2.24. The fraction of sp³-hybridized carbons (Fsp3) is 0.143. The zero-order valence-corrected chi connectivity index (χ0v) is 12.9. The molecule has 0 saturated carbocycles. The molecule has 4 nitrogen and oxygen atoms in total. The van der Waals surface area contributed by atoms with E-state index in [-0.39, 0.29) is 11.1 Å². The Kier molecular flexibility index (Phi) is 3.94. The molecule has 104 valence electrons. The summed E-state index contributed by atoms with van der Waals surface area (Å²) in [4.78, 5) is 23.4. The molecule has 1 heterocycles. The minimum atomic E-state index is -1.09. The molecule has 0 aliphatic heterocycles. The van der Waals surface area contributed by atoms with Gasteiger partial charge >= 0.3 is 5.97 Å². The second kappa shape index (κ2) is 5.35. The van der Waals surface area contributed by atoms with Gasteiger partial charge in [0.1, 0.15) is 5.82 Å². The Morgan fingerprint density at radius 2 is 1.95 bits per heavy atom. The molecular weight excluding hydrogens is 376 g/mol. The molecule has 2 rings (SSSR count). The summed E-state index contributed by atoms with van der Waals surface area (Å²) >= 11 is 1.91. The SMILES string of the molecule is Cc1cc(=O)n(-c2ccc(F)cc2I)c(C)c1C(=O)O. The van der Waals surface area contributed by atoms with Crippen LogP contribution in [0, 0.1) is 23.2 Å². The highest BCUT2D eigenvalue weighted by Gasteiger charge is 2.18. The molecule has 1 N–H and O–H groups in total. The minimum absolute atomic E-state index is 0.0877. The van der Waals surface area contributed by atoms with Gasteiger partial charge < -0.3 is 5.11 Å². The number of carbonyl (C=O) groups is 1. The van der Waals surface area contributed by atoms with Gasteiger partial charge in [0, 0.05) is 15.3 Å². The molecule has 2 aromatic rings. The van der Waals surface area contributed by atoms with Crippen molar-refractivity contribution < 1.29 is 14.3 Å². The van der Waals surface area contributed by atoms with Gasteiger partial charge in [-0.25, -0.2) is 9.18 Å². The number of nitrogens with zero attached hydrogens (tertiary/aromatic N) is 1. The van der Waals surface area contributed by atoms with Gasteiger partial charge in [-0.3, -0.25) is 9.36 Å². The van der Waals surface area contributed by atoms with E-state index in [1.807, 2.05) is 22.6 Å². The lowest BCUT2D eigenvalue weighted by Gasteiger charge is -2.15. The summed E-state index contributed by atoms with van der Waals surface area (Å²) in [5, 5.41) is 9.24.